The number of nitrogens with two attached hydrogens (primary N) is 2. The molecule has 2 rings (SSSR count). The summed E-state index contributed by atoms with van der Waals surface area (Å²) in [4.78, 5) is 64.8. The van der Waals surface area contributed by atoms with Gasteiger partial charge in [0.1, 0.15) is 12.1 Å². The third kappa shape index (κ3) is 7.75. The summed E-state index contributed by atoms with van der Waals surface area (Å²) in [5, 5.41) is 19.2. The van der Waals surface area contributed by atoms with Gasteiger partial charge in [0.2, 0.25) is 23.6 Å². The van der Waals surface area contributed by atoms with Gasteiger partial charge in [-0.3, -0.25) is 29.0 Å². The maximum Gasteiger partial charge on any atom is 0.305 e. The second kappa shape index (κ2) is 11.1. The molecule has 1 aliphatic heterocycles. The molecule has 1 heterocycles. The van der Waals surface area contributed by atoms with E-state index in [9.17, 15) is 24.0 Å². The summed E-state index contributed by atoms with van der Waals surface area (Å²) in [5.41, 5.74) is 10.6. The molecule has 2 fully saturated rings. The summed E-state index contributed by atoms with van der Waals surface area (Å²) in [6.07, 6.45) is 1.47. The predicted octanol–water partition coefficient (Wildman–Crippen LogP) is -3.10. The number of nitrogens with zero attached hydrogens (tertiary/aromatic N) is 1. The quantitative estimate of drug-likeness (QED) is 0.127. The van der Waals surface area contributed by atoms with E-state index in [0.717, 1.165) is 0 Å². The lowest BCUT2D eigenvalue weighted by Crippen LogP contribution is -2.54. The Morgan fingerprint density at radius 1 is 1.00 bits per heavy atom. The molecule has 1 aliphatic carbocycles. The fourth-order valence-corrected chi connectivity index (χ4v) is 3.63. The highest BCUT2D eigenvalue weighted by Gasteiger charge is 2.35. The maximum absolute atomic E-state index is 12.7. The lowest BCUT2D eigenvalue weighted by molar-refractivity contribution is -0.141. The highest BCUT2D eigenvalue weighted by atomic mass is 16.4. The molecule has 0 aromatic heterocycles. The van der Waals surface area contributed by atoms with Crippen molar-refractivity contribution in [3.8, 4) is 0 Å². The van der Waals surface area contributed by atoms with Crippen molar-refractivity contribution in [1.29, 1.82) is 0 Å². The van der Waals surface area contributed by atoms with E-state index >= 15 is 0 Å². The van der Waals surface area contributed by atoms with Crippen LogP contribution in [0, 0.1) is 5.92 Å². The molecular weight excluding hydrogens is 410 g/mol. The van der Waals surface area contributed by atoms with Crippen LogP contribution in [0.1, 0.15) is 38.5 Å². The van der Waals surface area contributed by atoms with Gasteiger partial charge in [-0.25, -0.2) is 0 Å². The van der Waals surface area contributed by atoms with Crippen LogP contribution >= 0.6 is 0 Å². The Morgan fingerprint density at radius 2 is 1.74 bits per heavy atom. The molecule has 13 heteroatoms. The molecule has 9 N–H and O–H groups in total. The van der Waals surface area contributed by atoms with Crippen LogP contribution in [-0.4, -0.2) is 71.9 Å². The highest BCUT2D eigenvalue weighted by molar-refractivity contribution is 5.94. The average molecular weight is 439 g/mol. The first-order valence-electron chi connectivity index (χ1n) is 10.1. The van der Waals surface area contributed by atoms with Crippen molar-refractivity contribution in [2.24, 2.45) is 22.4 Å². The van der Waals surface area contributed by atoms with Crippen LogP contribution in [-0.2, 0) is 24.0 Å². The molecule has 1 saturated heterocycles. The summed E-state index contributed by atoms with van der Waals surface area (Å²) < 4.78 is 0. The van der Waals surface area contributed by atoms with Gasteiger partial charge >= 0.3 is 5.97 Å². The van der Waals surface area contributed by atoms with Gasteiger partial charge < -0.3 is 37.8 Å². The van der Waals surface area contributed by atoms with Crippen molar-refractivity contribution >= 4 is 35.6 Å². The van der Waals surface area contributed by atoms with Gasteiger partial charge in [0.25, 0.3) is 0 Å². The Morgan fingerprint density at radius 3 is 2.42 bits per heavy atom. The fraction of sp³-hybridized carbons (Fsp3) is 0.667. The molecular formula is C18H29N7O6. The van der Waals surface area contributed by atoms with E-state index in [1.165, 1.54) is 0 Å². The molecule has 0 radical (unpaired) electrons. The standard InChI is InChI=1S/C18H29N7O6/c19-18(20)21-5-1-2-11-16(30)22-8-13(26)24-12(7-14(27)28)17(31)23-10-4-3-9(6-10)15(29)25-11/h9-12H,1-8H2,(H,22,30)(H,23,31)(H,24,26)(H,25,29)(H,27,28)(H4,19,20,21)/t9-,10-,11+,12+/m1/s1. The van der Waals surface area contributed by atoms with Crippen molar-refractivity contribution in [1.82, 2.24) is 21.3 Å². The molecule has 2 bridgehead atoms. The minimum atomic E-state index is -1.28. The number of carboxylic acids is 1. The van der Waals surface area contributed by atoms with E-state index in [0.29, 0.717) is 25.7 Å². The van der Waals surface area contributed by atoms with E-state index < -0.39 is 54.7 Å². The number of carboxylic acid groups (broad SMARTS) is 1. The van der Waals surface area contributed by atoms with Crippen LogP contribution in [0.5, 0.6) is 0 Å². The summed E-state index contributed by atoms with van der Waals surface area (Å²) in [6, 6.07) is -2.50. The number of hydrogen-bond acceptors (Lipinski definition) is 6. The third-order valence-corrected chi connectivity index (χ3v) is 5.18. The number of fused-ring (bicyclic) bond motifs is 2. The van der Waals surface area contributed by atoms with Crippen molar-refractivity contribution in [3.63, 3.8) is 0 Å². The van der Waals surface area contributed by atoms with Crippen LogP contribution in [0.4, 0.5) is 0 Å². The highest BCUT2D eigenvalue weighted by Crippen LogP contribution is 2.26. The summed E-state index contributed by atoms with van der Waals surface area (Å²) in [5.74, 6) is -3.97. The zero-order valence-corrected chi connectivity index (χ0v) is 17.1. The smallest absolute Gasteiger partial charge is 0.305 e. The first kappa shape index (κ1) is 23.9. The molecule has 0 aromatic carbocycles. The lowest BCUT2D eigenvalue weighted by Gasteiger charge is -2.23. The summed E-state index contributed by atoms with van der Waals surface area (Å²) in [6.45, 7) is -0.202. The van der Waals surface area contributed by atoms with Gasteiger partial charge in [0.05, 0.1) is 13.0 Å². The second-order valence-corrected chi connectivity index (χ2v) is 7.66. The summed E-state index contributed by atoms with van der Waals surface area (Å²) >= 11 is 0. The molecule has 31 heavy (non-hydrogen) atoms. The largest absolute Gasteiger partial charge is 0.481 e. The first-order chi connectivity index (χ1) is 14.7. The fourth-order valence-electron chi connectivity index (χ4n) is 3.63. The lowest BCUT2D eigenvalue weighted by atomic mass is 10.0. The van der Waals surface area contributed by atoms with Crippen LogP contribution in [0.15, 0.2) is 4.99 Å². The monoisotopic (exact) mass is 439 g/mol. The van der Waals surface area contributed by atoms with Crippen molar-refractivity contribution in [2.75, 3.05) is 13.1 Å². The number of guanidine groups is 1. The van der Waals surface area contributed by atoms with E-state index in [4.69, 9.17) is 16.6 Å². The number of carbonyl (C=O) groups excluding carboxylic acids is 4. The van der Waals surface area contributed by atoms with Gasteiger partial charge in [0, 0.05) is 18.5 Å². The van der Waals surface area contributed by atoms with E-state index in [2.05, 4.69) is 26.3 Å². The third-order valence-electron chi connectivity index (χ3n) is 5.18. The van der Waals surface area contributed by atoms with Gasteiger partial charge in [-0.15, -0.1) is 0 Å². The van der Waals surface area contributed by atoms with E-state index in [1.54, 1.807) is 0 Å². The van der Waals surface area contributed by atoms with Crippen LogP contribution in [0.25, 0.3) is 0 Å². The Labute approximate surface area is 178 Å². The number of aliphatic imine (C=N–C) groups is 1. The van der Waals surface area contributed by atoms with Crippen LogP contribution in [0.2, 0.25) is 0 Å². The topological polar surface area (TPSA) is 218 Å². The molecule has 172 valence electrons. The number of rotatable bonds is 6. The van der Waals surface area contributed by atoms with Crippen molar-refractivity contribution < 1.29 is 29.1 Å². The molecule has 0 spiro atoms. The van der Waals surface area contributed by atoms with Gasteiger partial charge in [-0.05, 0) is 32.1 Å². The van der Waals surface area contributed by atoms with Crippen molar-refractivity contribution in [3.05, 3.63) is 0 Å². The SMILES string of the molecule is NC(N)=NCCC[C@@H]1NC(=O)[C@@H]2CC[C@H](C2)NC(=O)[C@H](CC(=O)O)NC(=O)CNC1=O. The number of hydrogen-bond donors (Lipinski definition) is 7. The number of carbonyl (C=O) groups is 5. The Hall–Kier alpha value is -3.38. The summed E-state index contributed by atoms with van der Waals surface area (Å²) in [7, 11) is 0. The molecule has 4 atom stereocenters. The van der Waals surface area contributed by atoms with Crippen LogP contribution < -0.4 is 32.7 Å². The second-order valence-electron chi connectivity index (χ2n) is 7.66. The van der Waals surface area contributed by atoms with E-state index in [1.807, 2.05) is 0 Å². The number of aliphatic carboxylic acids is 1. The Bertz CT molecular complexity index is 752. The van der Waals surface area contributed by atoms with Gasteiger partial charge in [-0.2, -0.15) is 0 Å². The van der Waals surface area contributed by atoms with Crippen molar-refractivity contribution in [2.45, 2.75) is 56.7 Å². The Kier molecular flexibility index (Phi) is 8.58. The minimum absolute atomic E-state index is 0.0777. The normalized spacial score (nSPS) is 27.2. The molecule has 0 unspecified atom stereocenters. The molecule has 13 nitrogen and oxygen atoms in total. The Balaban J connectivity index is 2.13. The minimum Gasteiger partial charge on any atom is -0.481 e. The van der Waals surface area contributed by atoms with Gasteiger partial charge in [-0.1, -0.05) is 0 Å². The zero-order chi connectivity index (χ0) is 23.0. The number of nitrogens with one attached hydrogen (secondary N) is 4. The molecule has 4 amide bonds. The maximum atomic E-state index is 12.7. The zero-order valence-electron chi connectivity index (χ0n) is 17.1. The van der Waals surface area contributed by atoms with Crippen LogP contribution in [0.3, 0.4) is 0 Å². The molecule has 1 saturated carbocycles. The predicted molar refractivity (Wildman–Crippen MR) is 108 cm³/mol. The molecule has 0 aromatic rings. The molecule has 2 aliphatic rings. The van der Waals surface area contributed by atoms with Gasteiger partial charge in [0.15, 0.2) is 5.96 Å². The average Bonchev–Trinajstić information content (AvgIpc) is 3.15. The first-order valence-corrected chi connectivity index (χ1v) is 10.1. The number of amides is 4. The van der Waals surface area contributed by atoms with E-state index in [-0.39, 0.29) is 30.9 Å².